The van der Waals surface area contributed by atoms with E-state index in [1.165, 1.54) is 51.4 Å². The first-order chi connectivity index (χ1) is 13.0. The number of hydrogen-bond acceptors (Lipinski definition) is 4. The molecule has 0 heterocycles. The molecule has 0 unspecified atom stereocenters. The van der Waals surface area contributed by atoms with Crippen LogP contribution in [0.4, 0.5) is 0 Å². The van der Waals surface area contributed by atoms with E-state index in [-0.39, 0.29) is 6.42 Å². The quantitative estimate of drug-likeness (QED) is 0.139. The molecule has 4 N–H and O–H groups in total. The van der Waals surface area contributed by atoms with Crippen molar-refractivity contribution in [3.63, 3.8) is 0 Å². The van der Waals surface area contributed by atoms with Crippen LogP contribution in [0.25, 0.3) is 0 Å². The summed E-state index contributed by atoms with van der Waals surface area (Å²) in [5, 5.41) is -3.13. The Morgan fingerprint density at radius 2 is 1.04 bits per heavy atom. The van der Waals surface area contributed by atoms with Gasteiger partial charge in [0.2, 0.25) is 0 Å². The normalized spacial score (nSPS) is 12.9. The molecule has 0 saturated heterocycles. The molecule has 0 atom stereocenters. The number of ether oxygens (including phenoxy) is 1. The summed E-state index contributed by atoms with van der Waals surface area (Å²) >= 11 is 0. The first-order valence-electron chi connectivity index (χ1n) is 10.3. The van der Waals surface area contributed by atoms with Gasteiger partial charge in [-0.2, -0.15) is 0 Å². The van der Waals surface area contributed by atoms with Crippen molar-refractivity contribution in [2.75, 3.05) is 0 Å². The SMILES string of the molecule is CCCCCCCCCCCCCCCC(=O)OC(C)(P(=O)(O)O)P(=O)(O)O. The van der Waals surface area contributed by atoms with E-state index in [4.69, 9.17) is 19.6 Å². The molecule has 0 spiro atoms. The van der Waals surface area contributed by atoms with Gasteiger partial charge in [0.15, 0.2) is 0 Å². The minimum absolute atomic E-state index is 0.132. The van der Waals surface area contributed by atoms with E-state index in [9.17, 15) is 13.9 Å². The van der Waals surface area contributed by atoms with Gasteiger partial charge in [0.05, 0.1) is 0 Å². The van der Waals surface area contributed by atoms with Crippen LogP contribution in [-0.4, -0.2) is 30.6 Å². The summed E-state index contributed by atoms with van der Waals surface area (Å²) in [5.74, 6) is -1.02. The number of hydrogen-bond donors (Lipinski definition) is 4. The molecule has 0 fully saturated rings. The minimum atomic E-state index is -5.34. The molecule has 8 nitrogen and oxygen atoms in total. The number of rotatable bonds is 17. The average molecular weight is 444 g/mol. The zero-order chi connectivity index (χ0) is 21.7. The lowest BCUT2D eigenvalue weighted by atomic mass is 10.0. The van der Waals surface area contributed by atoms with Gasteiger partial charge in [0, 0.05) is 6.42 Å². The first-order valence-corrected chi connectivity index (χ1v) is 13.5. The third kappa shape index (κ3) is 11.1. The predicted octanol–water partition coefficient (Wildman–Crippen LogP) is 5.04. The zero-order valence-electron chi connectivity index (χ0n) is 17.2. The molecule has 0 aliphatic heterocycles. The molecule has 0 saturated carbocycles. The molecule has 0 aromatic rings. The number of unbranched alkanes of at least 4 members (excludes halogenated alkanes) is 12. The van der Waals surface area contributed by atoms with Crippen molar-refractivity contribution in [1.82, 2.24) is 0 Å². The van der Waals surface area contributed by atoms with Gasteiger partial charge < -0.3 is 24.3 Å². The van der Waals surface area contributed by atoms with Crippen LogP contribution >= 0.6 is 15.2 Å². The highest BCUT2D eigenvalue weighted by Crippen LogP contribution is 2.69. The maximum atomic E-state index is 11.7. The molecule has 0 amide bonds. The molecule has 168 valence electrons. The number of carbonyl (C=O) groups is 1. The smallest absolute Gasteiger partial charge is 0.381 e. The largest absolute Gasteiger partial charge is 0.433 e. The van der Waals surface area contributed by atoms with Crippen molar-refractivity contribution >= 4 is 21.2 Å². The van der Waals surface area contributed by atoms with Crippen molar-refractivity contribution in [3.8, 4) is 0 Å². The van der Waals surface area contributed by atoms with Gasteiger partial charge in [-0.3, -0.25) is 13.9 Å². The Bertz CT molecular complexity index is 504. The van der Waals surface area contributed by atoms with Crippen molar-refractivity contribution in [2.24, 2.45) is 0 Å². The summed E-state index contributed by atoms with van der Waals surface area (Å²) in [4.78, 5) is 48.3. The monoisotopic (exact) mass is 444 g/mol. The Labute approximate surface area is 168 Å². The lowest BCUT2D eigenvalue weighted by Crippen LogP contribution is -2.31. The Morgan fingerprint density at radius 1 is 0.714 bits per heavy atom. The summed E-state index contributed by atoms with van der Waals surface area (Å²) < 4.78 is 27.2. The molecule has 0 bridgehead atoms. The lowest BCUT2D eigenvalue weighted by molar-refractivity contribution is -0.148. The Kier molecular flexibility index (Phi) is 13.8. The van der Waals surface area contributed by atoms with Crippen molar-refractivity contribution in [2.45, 2.75) is 109 Å². The van der Waals surface area contributed by atoms with E-state index < -0.39 is 26.2 Å². The molecule has 0 aliphatic rings. The highest BCUT2D eigenvalue weighted by atomic mass is 31.2. The van der Waals surface area contributed by atoms with E-state index >= 15 is 0 Å². The lowest BCUT2D eigenvalue weighted by Gasteiger charge is -2.30. The fourth-order valence-corrected chi connectivity index (χ4v) is 4.64. The third-order valence-corrected chi connectivity index (χ3v) is 8.78. The molecule has 0 aliphatic carbocycles. The molecule has 0 rings (SSSR count). The van der Waals surface area contributed by atoms with Gasteiger partial charge in [0.1, 0.15) is 0 Å². The molecular weight excluding hydrogens is 406 g/mol. The summed E-state index contributed by atoms with van der Waals surface area (Å²) in [6.45, 7) is 2.78. The minimum Gasteiger partial charge on any atom is -0.433 e. The summed E-state index contributed by atoms with van der Waals surface area (Å²) in [7, 11) is -10.7. The highest BCUT2D eigenvalue weighted by molar-refractivity contribution is 7.72. The van der Waals surface area contributed by atoms with Crippen LogP contribution in [0.2, 0.25) is 0 Å². The third-order valence-electron chi connectivity index (χ3n) is 4.87. The summed E-state index contributed by atoms with van der Waals surface area (Å²) in [6.07, 6.45) is 14.5. The van der Waals surface area contributed by atoms with E-state index in [1.807, 2.05) is 0 Å². The van der Waals surface area contributed by atoms with E-state index in [1.54, 1.807) is 0 Å². The van der Waals surface area contributed by atoms with E-state index in [0.29, 0.717) is 13.3 Å². The van der Waals surface area contributed by atoms with Crippen LogP contribution in [0.15, 0.2) is 0 Å². The van der Waals surface area contributed by atoms with Crippen molar-refractivity contribution < 1.29 is 38.2 Å². The fraction of sp³-hybridized carbons (Fsp3) is 0.944. The maximum absolute atomic E-state index is 11.7. The van der Waals surface area contributed by atoms with Crippen LogP contribution in [-0.2, 0) is 18.7 Å². The first kappa shape index (κ1) is 27.8. The van der Waals surface area contributed by atoms with Gasteiger partial charge in [0.25, 0.3) is 0 Å². The second-order valence-corrected chi connectivity index (χ2v) is 11.7. The topological polar surface area (TPSA) is 141 Å². The maximum Gasteiger partial charge on any atom is 0.381 e. The average Bonchev–Trinajstić information content (AvgIpc) is 2.57. The molecule has 0 aromatic carbocycles. The Hall–Kier alpha value is -0.230. The van der Waals surface area contributed by atoms with Gasteiger partial charge in [-0.1, -0.05) is 84.0 Å². The molecule has 0 aromatic heterocycles. The Balaban J connectivity index is 3.83. The van der Waals surface area contributed by atoms with Gasteiger partial charge in [-0.15, -0.1) is 0 Å². The summed E-state index contributed by atoms with van der Waals surface area (Å²) in [5.41, 5.74) is 0. The van der Waals surface area contributed by atoms with E-state index in [2.05, 4.69) is 11.7 Å². The molecular formula is C18H38O8P2. The molecule has 0 radical (unpaired) electrons. The van der Waals surface area contributed by atoms with Gasteiger partial charge in [-0.25, -0.2) is 0 Å². The number of esters is 1. The fourth-order valence-electron chi connectivity index (χ4n) is 2.84. The van der Waals surface area contributed by atoms with Crippen LogP contribution in [0.1, 0.15) is 104 Å². The second kappa shape index (κ2) is 13.9. The van der Waals surface area contributed by atoms with Gasteiger partial charge >= 0.3 is 26.2 Å². The molecule has 10 heteroatoms. The summed E-state index contributed by atoms with van der Waals surface area (Å²) in [6, 6.07) is 0. The second-order valence-electron chi connectivity index (χ2n) is 7.49. The van der Waals surface area contributed by atoms with Crippen LogP contribution in [0.5, 0.6) is 0 Å². The van der Waals surface area contributed by atoms with Crippen LogP contribution in [0.3, 0.4) is 0 Å². The molecule has 28 heavy (non-hydrogen) atoms. The predicted molar refractivity (Wildman–Crippen MR) is 109 cm³/mol. The van der Waals surface area contributed by atoms with E-state index in [0.717, 1.165) is 25.7 Å². The van der Waals surface area contributed by atoms with Crippen LogP contribution < -0.4 is 0 Å². The zero-order valence-corrected chi connectivity index (χ0v) is 19.0. The Morgan fingerprint density at radius 3 is 1.36 bits per heavy atom. The van der Waals surface area contributed by atoms with Crippen molar-refractivity contribution in [3.05, 3.63) is 0 Å². The van der Waals surface area contributed by atoms with Crippen LogP contribution in [0, 0.1) is 0 Å². The highest BCUT2D eigenvalue weighted by Gasteiger charge is 2.60. The van der Waals surface area contributed by atoms with Gasteiger partial charge in [-0.05, 0) is 13.3 Å². The van der Waals surface area contributed by atoms with Crippen molar-refractivity contribution in [1.29, 1.82) is 0 Å². The standard InChI is InChI=1S/C18H38O8P2/c1-3-4-5-6-7-8-9-10-11-12-13-14-15-16-17(19)26-18(2,27(20,21)22)28(23,24)25/h3-16H2,1-2H3,(H2,20,21,22)(H2,23,24,25). The number of carbonyl (C=O) groups excluding carboxylic acids is 1.